The first-order valence-corrected chi connectivity index (χ1v) is 11.8. The molecule has 0 N–H and O–H groups in total. The smallest absolute Gasteiger partial charge is 0.197 e. The highest BCUT2D eigenvalue weighted by Crippen LogP contribution is 2.59. The Kier molecular flexibility index (Phi) is 3.48. The number of benzene rings is 5. The lowest BCUT2D eigenvalue weighted by Crippen LogP contribution is -2.38. The Morgan fingerprint density at radius 1 is 0.543 bits per heavy atom. The monoisotopic (exact) mass is 449 g/mol. The van der Waals surface area contributed by atoms with Gasteiger partial charge in [-0.3, -0.25) is 4.79 Å². The van der Waals surface area contributed by atoms with Gasteiger partial charge in [-0.05, 0) is 47.5 Å². The third-order valence-corrected chi connectivity index (χ3v) is 7.65. The first-order chi connectivity index (χ1) is 17.3. The SMILES string of the molecule is O=c1c2ccccc2n2c3c(cccc13)C1(c3ccccc3Oc3ccccc31)c1ccccc1-2. The van der Waals surface area contributed by atoms with Gasteiger partial charge in [-0.2, -0.15) is 0 Å². The molecule has 2 aliphatic rings. The van der Waals surface area contributed by atoms with Crippen molar-refractivity contribution in [3.05, 3.63) is 148 Å². The quantitative estimate of drug-likeness (QED) is 0.235. The van der Waals surface area contributed by atoms with Gasteiger partial charge in [0.1, 0.15) is 11.5 Å². The summed E-state index contributed by atoms with van der Waals surface area (Å²) in [5.41, 5.74) is 6.87. The molecule has 1 spiro atoms. The molecular weight excluding hydrogens is 430 g/mol. The van der Waals surface area contributed by atoms with Crippen molar-refractivity contribution >= 4 is 21.8 Å². The first-order valence-electron chi connectivity index (χ1n) is 11.8. The lowest BCUT2D eigenvalue weighted by molar-refractivity contribution is 0.434. The molecule has 0 amide bonds. The Balaban J connectivity index is 1.71. The zero-order valence-electron chi connectivity index (χ0n) is 18.7. The van der Waals surface area contributed by atoms with Gasteiger partial charge in [0, 0.05) is 21.9 Å². The van der Waals surface area contributed by atoms with E-state index in [4.69, 9.17) is 4.74 Å². The summed E-state index contributed by atoms with van der Waals surface area (Å²) in [6, 6.07) is 39.3. The average Bonchev–Trinajstić information content (AvgIpc) is 2.92. The third-order valence-electron chi connectivity index (χ3n) is 7.65. The van der Waals surface area contributed by atoms with Gasteiger partial charge in [-0.15, -0.1) is 0 Å². The number of nitrogens with zero attached hydrogens (tertiary/aromatic N) is 1. The van der Waals surface area contributed by atoms with Gasteiger partial charge in [0.05, 0.1) is 22.1 Å². The van der Waals surface area contributed by atoms with Crippen LogP contribution in [0.25, 0.3) is 27.5 Å². The van der Waals surface area contributed by atoms with Crippen LogP contribution in [0, 0.1) is 0 Å². The van der Waals surface area contributed by atoms with E-state index in [9.17, 15) is 4.79 Å². The third kappa shape index (κ3) is 2.14. The van der Waals surface area contributed by atoms with Crippen LogP contribution in [-0.2, 0) is 5.41 Å². The number of fused-ring (bicyclic) bond motifs is 10. The minimum Gasteiger partial charge on any atom is -0.457 e. The van der Waals surface area contributed by atoms with Crippen molar-refractivity contribution < 1.29 is 4.74 Å². The number of para-hydroxylation sites is 5. The van der Waals surface area contributed by atoms with Crippen molar-refractivity contribution in [1.29, 1.82) is 0 Å². The molecule has 0 fully saturated rings. The van der Waals surface area contributed by atoms with E-state index in [1.807, 2.05) is 60.7 Å². The van der Waals surface area contributed by atoms with Crippen LogP contribution in [0.15, 0.2) is 120 Å². The van der Waals surface area contributed by atoms with E-state index in [2.05, 4.69) is 59.2 Å². The molecular formula is C32H19NO2. The zero-order chi connectivity index (χ0) is 23.1. The van der Waals surface area contributed by atoms with E-state index in [0.717, 1.165) is 55.7 Å². The zero-order valence-corrected chi connectivity index (χ0v) is 18.7. The van der Waals surface area contributed by atoms with E-state index in [-0.39, 0.29) is 5.43 Å². The van der Waals surface area contributed by atoms with Crippen LogP contribution in [0.3, 0.4) is 0 Å². The highest BCUT2D eigenvalue weighted by Gasteiger charge is 2.49. The number of hydrogen-bond acceptors (Lipinski definition) is 2. The van der Waals surface area contributed by atoms with Gasteiger partial charge < -0.3 is 9.30 Å². The maximum Gasteiger partial charge on any atom is 0.197 e. The molecule has 5 aromatic carbocycles. The highest BCUT2D eigenvalue weighted by molar-refractivity contribution is 6.00. The molecule has 164 valence electrons. The Hall–Kier alpha value is -4.63. The normalized spacial score (nSPS) is 14.3. The van der Waals surface area contributed by atoms with Crippen LogP contribution >= 0.6 is 0 Å². The van der Waals surface area contributed by atoms with Crippen LogP contribution in [0.1, 0.15) is 22.3 Å². The summed E-state index contributed by atoms with van der Waals surface area (Å²) in [5, 5.41) is 1.47. The van der Waals surface area contributed by atoms with Crippen LogP contribution in [-0.4, -0.2) is 4.57 Å². The van der Waals surface area contributed by atoms with Gasteiger partial charge in [-0.1, -0.05) is 78.9 Å². The molecule has 0 saturated heterocycles. The number of hydrogen-bond donors (Lipinski definition) is 0. The summed E-state index contributed by atoms with van der Waals surface area (Å²) in [6.45, 7) is 0. The molecule has 1 aromatic heterocycles. The Bertz CT molecular complexity index is 1870. The molecule has 0 atom stereocenters. The summed E-state index contributed by atoms with van der Waals surface area (Å²) < 4.78 is 8.71. The van der Waals surface area contributed by atoms with Crippen molar-refractivity contribution in [3.63, 3.8) is 0 Å². The van der Waals surface area contributed by atoms with Crippen molar-refractivity contribution in [2.45, 2.75) is 5.41 Å². The molecule has 8 rings (SSSR count). The van der Waals surface area contributed by atoms with Gasteiger partial charge in [0.2, 0.25) is 0 Å². The lowest BCUT2D eigenvalue weighted by atomic mass is 9.61. The van der Waals surface area contributed by atoms with Gasteiger partial charge >= 0.3 is 0 Å². The second kappa shape index (κ2) is 6.49. The predicted molar refractivity (Wildman–Crippen MR) is 139 cm³/mol. The van der Waals surface area contributed by atoms with Crippen LogP contribution < -0.4 is 10.2 Å². The second-order valence-corrected chi connectivity index (χ2v) is 9.24. The Labute approximate surface area is 201 Å². The largest absolute Gasteiger partial charge is 0.457 e. The molecule has 0 saturated carbocycles. The average molecular weight is 450 g/mol. The molecule has 3 heteroatoms. The first kappa shape index (κ1) is 18.8. The summed E-state index contributed by atoms with van der Waals surface area (Å²) in [5.74, 6) is 1.68. The topological polar surface area (TPSA) is 31.2 Å². The number of ether oxygens (including phenoxy) is 1. The van der Waals surface area contributed by atoms with E-state index in [0.29, 0.717) is 0 Å². The summed E-state index contributed by atoms with van der Waals surface area (Å²) in [7, 11) is 0. The van der Waals surface area contributed by atoms with Crippen LogP contribution in [0.5, 0.6) is 11.5 Å². The van der Waals surface area contributed by atoms with Crippen molar-refractivity contribution in [2.24, 2.45) is 0 Å². The molecule has 6 aromatic rings. The van der Waals surface area contributed by atoms with Gasteiger partial charge in [0.25, 0.3) is 0 Å². The molecule has 3 nitrogen and oxygen atoms in total. The Morgan fingerprint density at radius 3 is 1.89 bits per heavy atom. The number of aromatic nitrogens is 1. The molecule has 0 bridgehead atoms. The number of rotatable bonds is 0. The standard InChI is InChI=1S/C32H19NO2/c34-31-20-10-1-5-16-26(20)33-27-17-6-2-12-22(27)32(25-15-9-11-21(31)30(25)33)23-13-3-7-18-28(23)35-29-19-8-4-14-24(29)32/h1-19H. The molecule has 0 unspecified atom stereocenters. The Morgan fingerprint density at radius 2 is 1.11 bits per heavy atom. The molecule has 35 heavy (non-hydrogen) atoms. The lowest BCUT2D eigenvalue weighted by Gasteiger charge is -2.45. The summed E-state index contributed by atoms with van der Waals surface area (Å²) >= 11 is 0. The van der Waals surface area contributed by atoms with Crippen molar-refractivity contribution in [2.75, 3.05) is 0 Å². The van der Waals surface area contributed by atoms with Crippen molar-refractivity contribution in [1.82, 2.24) is 4.57 Å². The minimum absolute atomic E-state index is 0.0665. The van der Waals surface area contributed by atoms with E-state index in [1.165, 1.54) is 5.56 Å². The highest BCUT2D eigenvalue weighted by atomic mass is 16.5. The van der Waals surface area contributed by atoms with Crippen LogP contribution in [0.4, 0.5) is 0 Å². The fourth-order valence-electron chi connectivity index (χ4n) is 6.35. The summed E-state index contributed by atoms with van der Waals surface area (Å²) in [6.07, 6.45) is 0. The van der Waals surface area contributed by atoms with E-state index in [1.54, 1.807) is 0 Å². The van der Waals surface area contributed by atoms with E-state index < -0.39 is 5.41 Å². The fourth-order valence-corrected chi connectivity index (χ4v) is 6.35. The molecule has 2 aliphatic heterocycles. The number of pyridine rings is 1. The molecule has 0 aliphatic carbocycles. The predicted octanol–water partition coefficient (Wildman–Crippen LogP) is 6.95. The molecule has 0 radical (unpaired) electrons. The van der Waals surface area contributed by atoms with Crippen LogP contribution in [0.2, 0.25) is 0 Å². The second-order valence-electron chi connectivity index (χ2n) is 9.24. The fraction of sp³-hybridized carbons (Fsp3) is 0.0312. The van der Waals surface area contributed by atoms with Crippen molar-refractivity contribution in [3.8, 4) is 17.2 Å². The molecule has 3 heterocycles. The van der Waals surface area contributed by atoms with E-state index >= 15 is 0 Å². The maximum atomic E-state index is 13.8. The minimum atomic E-state index is -0.615. The van der Waals surface area contributed by atoms with Gasteiger partial charge in [0.15, 0.2) is 5.43 Å². The maximum absolute atomic E-state index is 13.8. The summed E-state index contributed by atoms with van der Waals surface area (Å²) in [4.78, 5) is 13.8. The van der Waals surface area contributed by atoms with Gasteiger partial charge in [-0.25, -0.2) is 0 Å².